The maximum Gasteiger partial charge on any atom is 0.303 e. The van der Waals surface area contributed by atoms with E-state index in [1.54, 1.807) is 0 Å². The molecule has 3 N–H and O–H groups in total. The summed E-state index contributed by atoms with van der Waals surface area (Å²) < 4.78 is 1.96. The van der Waals surface area contributed by atoms with E-state index in [1.165, 1.54) is 0 Å². The van der Waals surface area contributed by atoms with E-state index in [2.05, 4.69) is 41.4 Å². The number of carboxylic acids is 1. The highest BCUT2D eigenvalue weighted by atomic mass is 35.5. The van der Waals surface area contributed by atoms with Crippen LogP contribution in [0, 0.1) is 0 Å². The molecule has 3 aromatic carbocycles. The topological polar surface area (TPSA) is 81.1 Å². The summed E-state index contributed by atoms with van der Waals surface area (Å²) in [6.07, 6.45) is 2.21. The van der Waals surface area contributed by atoms with Crippen LogP contribution in [0.2, 0.25) is 0 Å². The Morgan fingerprint density at radius 1 is 0.839 bits per heavy atom. The average Bonchev–Trinajstić information content (AvgIpc) is 3.16. The molecular formula is C25H24ClN3O2. The summed E-state index contributed by atoms with van der Waals surface area (Å²) in [5.41, 5.74) is 9.47. The molecule has 0 aliphatic heterocycles. The van der Waals surface area contributed by atoms with E-state index >= 15 is 0 Å². The lowest BCUT2D eigenvalue weighted by Crippen LogP contribution is -2.38. The van der Waals surface area contributed by atoms with Crippen LogP contribution in [-0.4, -0.2) is 20.6 Å². The minimum atomic E-state index is -0.858. The van der Waals surface area contributed by atoms with Gasteiger partial charge in [0.25, 0.3) is 0 Å². The molecule has 0 amide bonds. The van der Waals surface area contributed by atoms with Crippen molar-refractivity contribution in [3.8, 4) is 0 Å². The third-order valence-corrected chi connectivity index (χ3v) is 5.31. The molecule has 0 spiro atoms. The Bertz CT molecular complexity index is 1030. The van der Waals surface area contributed by atoms with Crippen LogP contribution in [-0.2, 0) is 16.8 Å². The quantitative estimate of drug-likeness (QED) is 0.412. The Hall–Kier alpha value is -3.57. The van der Waals surface area contributed by atoms with Gasteiger partial charge in [-0.2, -0.15) is 0 Å². The second-order valence-corrected chi connectivity index (χ2v) is 7.16. The van der Waals surface area contributed by atoms with Crippen molar-refractivity contribution < 1.29 is 9.90 Å². The first kappa shape index (κ1) is 22.1. The molecule has 1 heterocycles. The number of nitrogens with two attached hydrogens (primary N) is 1. The Labute approximate surface area is 187 Å². The fourth-order valence-corrected chi connectivity index (χ4v) is 4.02. The Morgan fingerprint density at radius 2 is 1.26 bits per heavy atom. The van der Waals surface area contributed by atoms with Crippen molar-refractivity contribution in [3.05, 3.63) is 120 Å². The number of carboxylic acid groups (broad SMARTS) is 1. The molecule has 0 aliphatic carbocycles. The van der Waals surface area contributed by atoms with E-state index in [0.29, 0.717) is 18.1 Å². The van der Waals surface area contributed by atoms with Gasteiger partial charge in [-0.05, 0) is 16.7 Å². The second kappa shape index (κ2) is 9.49. The molecule has 31 heavy (non-hydrogen) atoms. The maximum atomic E-state index is 11.1. The molecule has 0 atom stereocenters. The molecule has 6 heteroatoms. The number of nitrogens with zero attached hydrogens (tertiary/aromatic N) is 2. The standard InChI is InChI=1S/C25H23N3O2.ClH/c26-24-27-22(16-17-23(29)30)18-28(24)25(19-10-4-1-5-11-19,20-12-6-2-7-13-20)21-14-8-3-9-15-21;/h1-15,18H,16-17H2,(H2,26,27)(H,29,30);1H. The lowest BCUT2D eigenvalue weighted by molar-refractivity contribution is -0.136. The predicted octanol–water partition coefficient (Wildman–Crippen LogP) is 4.74. The average molecular weight is 434 g/mol. The van der Waals surface area contributed by atoms with Crippen molar-refractivity contribution in [2.75, 3.05) is 5.73 Å². The van der Waals surface area contributed by atoms with Gasteiger partial charge in [0, 0.05) is 12.6 Å². The van der Waals surface area contributed by atoms with Crippen LogP contribution < -0.4 is 5.73 Å². The molecule has 0 radical (unpaired) electrons. The lowest BCUT2D eigenvalue weighted by atomic mass is 9.76. The van der Waals surface area contributed by atoms with Gasteiger partial charge in [-0.3, -0.25) is 9.36 Å². The van der Waals surface area contributed by atoms with Crippen molar-refractivity contribution in [3.63, 3.8) is 0 Å². The van der Waals surface area contributed by atoms with Crippen LogP contribution in [0.5, 0.6) is 0 Å². The van der Waals surface area contributed by atoms with Crippen LogP contribution in [0.4, 0.5) is 5.95 Å². The van der Waals surface area contributed by atoms with E-state index < -0.39 is 11.5 Å². The molecular weight excluding hydrogens is 410 g/mol. The number of aryl methyl sites for hydroxylation is 1. The molecule has 0 bridgehead atoms. The first-order valence-electron chi connectivity index (χ1n) is 9.85. The second-order valence-electron chi connectivity index (χ2n) is 7.16. The number of aromatic nitrogens is 2. The van der Waals surface area contributed by atoms with Gasteiger partial charge in [0.1, 0.15) is 5.54 Å². The van der Waals surface area contributed by atoms with Crippen molar-refractivity contribution in [1.82, 2.24) is 9.55 Å². The summed E-state index contributed by atoms with van der Waals surface area (Å²) in [5, 5.41) is 9.08. The molecule has 158 valence electrons. The highest BCUT2D eigenvalue weighted by Gasteiger charge is 2.39. The van der Waals surface area contributed by atoms with Crippen LogP contribution >= 0.6 is 12.4 Å². The zero-order chi connectivity index (χ0) is 21.0. The van der Waals surface area contributed by atoms with Crippen LogP contribution in [0.15, 0.2) is 97.2 Å². The van der Waals surface area contributed by atoms with E-state index in [4.69, 9.17) is 10.8 Å². The third kappa shape index (κ3) is 4.18. The van der Waals surface area contributed by atoms with Crippen molar-refractivity contribution >= 4 is 24.3 Å². The number of rotatable bonds is 7. The van der Waals surface area contributed by atoms with Crippen molar-refractivity contribution in [2.24, 2.45) is 0 Å². The summed E-state index contributed by atoms with van der Waals surface area (Å²) >= 11 is 0. The zero-order valence-corrected chi connectivity index (χ0v) is 17.7. The predicted molar refractivity (Wildman–Crippen MR) is 124 cm³/mol. The first-order chi connectivity index (χ1) is 14.6. The molecule has 0 unspecified atom stereocenters. The molecule has 5 nitrogen and oxygen atoms in total. The molecule has 0 aliphatic rings. The summed E-state index contributed by atoms with van der Waals surface area (Å²) in [7, 11) is 0. The fraction of sp³-hybridized carbons (Fsp3) is 0.120. The number of carbonyl (C=O) groups is 1. The number of nitrogen functional groups attached to an aromatic ring is 1. The first-order valence-corrected chi connectivity index (χ1v) is 9.85. The number of imidazole rings is 1. The van der Waals surface area contributed by atoms with Gasteiger partial charge >= 0.3 is 5.97 Å². The van der Waals surface area contributed by atoms with Gasteiger partial charge in [0.05, 0.1) is 12.1 Å². The summed E-state index contributed by atoms with van der Waals surface area (Å²) in [6, 6.07) is 30.5. The SMILES string of the molecule is Cl.Nc1nc(CCC(=O)O)cn1C(c1ccccc1)(c1ccccc1)c1ccccc1. The lowest BCUT2D eigenvalue weighted by Gasteiger charge is -2.38. The molecule has 4 aromatic rings. The van der Waals surface area contributed by atoms with E-state index in [0.717, 1.165) is 16.7 Å². The zero-order valence-electron chi connectivity index (χ0n) is 16.9. The highest BCUT2D eigenvalue weighted by molar-refractivity contribution is 5.85. The van der Waals surface area contributed by atoms with Gasteiger partial charge in [0.2, 0.25) is 5.95 Å². The normalized spacial score (nSPS) is 11.0. The van der Waals surface area contributed by atoms with Gasteiger partial charge in [0.15, 0.2) is 0 Å². The van der Waals surface area contributed by atoms with Gasteiger partial charge in [-0.1, -0.05) is 91.0 Å². The summed E-state index contributed by atoms with van der Waals surface area (Å²) in [4.78, 5) is 15.6. The molecule has 0 saturated heterocycles. The van der Waals surface area contributed by atoms with Gasteiger partial charge in [-0.25, -0.2) is 4.98 Å². The Morgan fingerprint density at radius 3 is 1.65 bits per heavy atom. The molecule has 0 fully saturated rings. The minimum Gasteiger partial charge on any atom is -0.481 e. The number of halogens is 1. The molecule has 1 aromatic heterocycles. The third-order valence-electron chi connectivity index (χ3n) is 5.31. The van der Waals surface area contributed by atoms with E-state index in [9.17, 15) is 4.79 Å². The monoisotopic (exact) mass is 433 g/mol. The maximum absolute atomic E-state index is 11.1. The van der Waals surface area contributed by atoms with Gasteiger partial charge < -0.3 is 10.8 Å². The smallest absolute Gasteiger partial charge is 0.303 e. The summed E-state index contributed by atoms with van der Waals surface area (Å²) in [5.74, 6) is -0.518. The van der Waals surface area contributed by atoms with Crippen molar-refractivity contribution in [2.45, 2.75) is 18.4 Å². The fourth-order valence-electron chi connectivity index (χ4n) is 4.02. The van der Waals surface area contributed by atoms with Crippen LogP contribution in [0.3, 0.4) is 0 Å². The number of hydrogen-bond donors (Lipinski definition) is 2. The van der Waals surface area contributed by atoms with E-state index in [1.807, 2.05) is 65.4 Å². The van der Waals surface area contributed by atoms with Crippen LogP contribution in [0.1, 0.15) is 28.8 Å². The van der Waals surface area contributed by atoms with Crippen molar-refractivity contribution in [1.29, 1.82) is 0 Å². The van der Waals surface area contributed by atoms with Gasteiger partial charge in [-0.15, -0.1) is 12.4 Å². The molecule has 4 rings (SSSR count). The minimum absolute atomic E-state index is 0. The highest BCUT2D eigenvalue weighted by Crippen LogP contribution is 2.42. The number of hydrogen-bond acceptors (Lipinski definition) is 3. The number of anilines is 1. The summed E-state index contributed by atoms with van der Waals surface area (Å²) in [6.45, 7) is 0. The van der Waals surface area contributed by atoms with Crippen LogP contribution in [0.25, 0.3) is 0 Å². The molecule has 0 saturated carbocycles. The number of aliphatic carboxylic acids is 1. The largest absolute Gasteiger partial charge is 0.481 e. The Balaban J connectivity index is 0.00000272. The Kier molecular flexibility index (Phi) is 6.78. The van der Waals surface area contributed by atoms with E-state index in [-0.39, 0.29) is 18.8 Å². The number of benzene rings is 3.